The first kappa shape index (κ1) is 16.5. The summed E-state index contributed by atoms with van der Waals surface area (Å²) >= 11 is 0. The molecule has 6 nitrogen and oxygen atoms in total. The van der Waals surface area contributed by atoms with Gasteiger partial charge in [0, 0.05) is 60.3 Å². The van der Waals surface area contributed by atoms with Crippen LogP contribution in [-0.4, -0.2) is 23.7 Å². The van der Waals surface area contributed by atoms with Crippen molar-refractivity contribution in [3.63, 3.8) is 0 Å². The van der Waals surface area contributed by atoms with Crippen LogP contribution in [0.1, 0.15) is 42.5 Å². The number of furan rings is 1. The van der Waals surface area contributed by atoms with E-state index >= 15 is 0 Å². The zero-order chi connectivity index (χ0) is 68.9. The van der Waals surface area contributed by atoms with Crippen molar-refractivity contribution in [2.75, 3.05) is 0 Å². The summed E-state index contributed by atoms with van der Waals surface area (Å²) in [6, 6.07) is -22.1. The average Bonchev–Trinajstić information content (AvgIpc) is 1.55. The molecule has 0 radical (unpaired) electrons. The molecular formula is C58H35N5O. The molecule has 0 N–H and O–H groups in total. The van der Waals surface area contributed by atoms with Crippen LogP contribution in [0.5, 0.6) is 0 Å². The Kier molecular flexibility index (Phi) is 3.45. The summed E-state index contributed by atoms with van der Waals surface area (Å²) in [5, 5.41) is -2.65. The highest BCUT2D eigenvalue weighted by Gasteiger charge is 2.20. The largest absolute Gasteiger partial charge is 0.452 e. The SMILES string of the molecule is [2H]c1c([2H])c([2H])c(-n2c3c([2H])c([2H])c([2H])c([2H])c3c3c([2H])c(-c4c([2H])c([2H])c5c6c([2H])c([2H])c([2H])c([2H])c6n(-c6c([2H])c([2H])c([2H])c(-c7ncnc8c7oc7ccc(-n9c%10c([2H])c([2H])c([2H])c([2H])c%10c%10c([2H])c([2H])c([2H])c([2H])c%109)cc78)c6[2H])c5c4[2H])c([2H])c([2H])c32)c([2H])c1[2H]. The maximum absolute atomic E-state index is 10.2. The zero-order valence-corrected chi connectivity index (χ0v) is 32.0. The van der Waals surface area contributed by atoms with Crippen molar-refractivity contribution >= 4 is 87.5 Å². The van der Waals surface area contributed by atoms with E-state index in [-0.39, 0.29) is 49.6 Å². The second-order valence-electron chi connectivity index (χ2n) is 14.2. The van der Waals surface area contributed by atoms with Crippen LogP contribution >= 0.6 is 0 Å². The number of para-hydroxylation sites is 5. The molecule has 0 bridgehead atoms. The summed E-state index contributed by atoms with van der Waals surface area (Å²) in [6.07, 6.45) is 0.984. The molecule has 0 aliphatic rings. The average molecular weight is 849 g/mol. The van der Waals surface area contributed by atoms with E-state index < -0.39 is 265 Å². The Morgan fingerprint density at radius 2 is 0.922 bits per heavy atom. The number of fused-ring (bicyclic) bond motifs is 12. The van der Waals surface area contributed by atoms with Crippen molar-refractivity contribution in [3.05, 3.63) is 212 Å². The predicted octanol–water partition coefficient (Wildman–Crippen LogP) is 15.0. The first-order chi connectivity index (χ1) is 44.7. The van der Waals surface area contributed by atoms with E-state index in [9.17, 15) is 16.4 Å². The van der Waals surface area contributed by atoms with Crippen LogP contribution in [0.25, 0.3) is 127 Å². The molecule has 0 aliphatic carbocycles. The highest BCUT2D eigenvalue weighted by Crippen LogP contribution is 2.41. The Morgan fingerprint density at radius 1 is 0.375 bits per heavy atom. The second kappa shape index (κ2) is 13.4. The standard InChI is InChI=1S/C58H35N5O/c1-2-14-39(15-3-1)61-52-24-11-7-20-45(52)47-32-36(26-29-53(47)61)37-25-28-46-44-19-6-10-23-51(44)63(54(46)33-37)40-16-12-13-38(31-40)56-58-57(60-35-59-56)48-34-41(27-30-55(48)64-58)62-49-21-8-4-17-42(49)43-18-5-9-22-50(43)62/h1-35H/i1D,2D,3D,4D,5D,6D,7D,8D,9D,10D,11D,12D,13D,14D,15D,16D,17D,18D,19D,20D,21D,22D,23D,24D,25D,26D,28D,29D,31D,32D,33D. The summed E-state index contributed by atoms with van der Waals surface area (Å²) in [6.45, 7) is 0. The van der Waals surface area contributed by atoms with Crippen LogP contribution < -0.4 is 0 Å². The fraction of sp³-hybridized carbons (Fsp3) is 0. The van der Waals surface area contributed by atoms with Gasteiger partial charge in [0.05, 0.1) is 75.6 Å². The molecule has 0 saturated carbocycles. The molecule has 0 spiro atoms. The third-order valence-electron chi connectivity index (χ3n) is 10.9. The number of benzene rings is 9. The molecule has 0 fully saturated rings. The lowest BCUT2D eigenvalue weighted by molar-refractivity contribution is 0.667. The van der Waals surface area contributed by atoms with Gasteiger partial charge >= 0.3 is 0 Å². The quantitative estimate of drug-likeness (QED) is 0.173. The minimum absolute atomic E-state index is 0.0195. The lowest BCUT2D eigenvalue weighted by atomic mass is 10.0. The van der Waals surface area contributed by atoms with Gasteiger partial charge in [0.25, 0.3) is 0 Å². The van der Waals surface area contributed by atoms with Crippen LogP contribution in [0.2, 0.25) is 0 Å². The Morgan fingerprint density at radius 3 is 1.62 bits per heavy atom. The first-order valence-electron chi connectivity index (χ1n) is 34.6. The van der Waals surface area contributed by atoms with Crippen molar-refractivity contribution in [2.45, 2.75) is 0 Å². The van der Waals surface area contributed by atoms with E-state index in [1.807, 2.05) is 0 Å². The Hall–Kier alpha value is -8.74. The van der Waals surface area contributed by atoms with Gasteiger partial charge < -0.3 is 18.1 Å². The van der Waals surface area contributed by atoms with Gasteiger partial charge in [0.15, 0.2) is 5.58 Å². The van der Waals surface area contributed by atoms with E-state index in [0.717, 1.165) is 15.5 Å². The fourth-order valence-electron chi connectivity index (χ4n) is 8.20. The number of rotatable bonds is 5. The second-order valence-corrected chi connectivity index (χ2v) is 14.2. The maximum atomic E-state index is 10.2. The summed E-state index contributed by atoms with van der Waals surface area (Å²) in [7, 11) is 0. The molecule has 0 saturated heterocycles. The molecule has 9 aromatic carbocycles. The highest BCUT2D eigenvalue weighted by molar-refractivity contribution is 6.14. The lowest BCUT2D eigenvalue weighted by Crippen LogP contribution is -1.95. The normalized spacial score (nSPS) is 18.8. The Balaban J connectivity index is 1.07. The molecule has 0 atom stereocenters. The molecule has 0 aliphatic heterocycles. The van der Waals surface area contributed by atoms with Crippen molar-refractivity contribution in [2.24, 2.45) is 0 Å². The zero-order valence-electron chi connectivity index (χ0n) is 63.0. The van der Waals surface area contributed by atoms with Gasteiger partial charge in [-0.25, -0.2) is 9.97 Å². The van der Waals surface area contributed by atoms with E-state index in [1.54, 1.807) is 0 Å². The van der Waals surface area contributed by atoms with E-state index in [4.69, 9.17) is 30.5 Å². The third-order valence-corrected chi connectivity index (χ3v) is 10.9. The van der Waals surface area contributed by atoms with Crippen LogP contribution in [0.3, 0.4) is 0 Å². The highest BCUT2D eigenvalue weighted by atomic mass is 16.3. The van der Waals surface area contributed by atoms with Crippen LogP contribution in [-0.2, 0) is 0 Å². The van der Waals surface area contributed by atoms with Gasteiger partial charge in [-0.05, 0) is 95.8 Å². The molecule has 6 heteroatoms. The van der Waals surface area contributed by atoms with Gasteiger partial charge in [-0.2, -0.15) is 0 Å². The minimum atomic E-state index is -1.06. The van der Waals surface area contributed by atoms with Crippen LogP contribution in [0.15, 0.2) is 216 Å². The minimum Gasteiger partial charge on any atom is -0.452 e. The molecule has 14 aromatic rings. The summed E-state index contributed by atoms with van der Waals surface area (Å²) < 4.78 is 291. The topological polar surface area (TPSA) is 53.7 Å². The first-order valence-corrected chi connectivity index (χ1v) is 19.1. The van der Waals surface area contributed by atoms with E-state index in [0.29, 0.717) is 0 Å². The number of aromatic nitrogens is 5. The van der Waals surface area contributed by atoms with Gasteiger partial charge in [-0.3, -0.25) is 0 Å². The van der Waals surface area contributed by atoms with Gasteiger partial charge in [0.2, 0.25) is 0 Å². The maximum Gasteiger partial charge on any atom is 0.180 e. The molecule has 0 amide bonds. The fourth-order valence-corrected chi connectivity index (χ4v) is 8.20. The Bertz CT molecular complexity index is 5960. The number of nitrogens with zero attached hydrogens (tertiary/aromatic N) is 5. The van der Waals surface area contributed by atoms with Crippen LogP contribution in [0.4, 0.5) is 0 Å². The third kappa shape index (κ3) is 5.02. The molecule has 298 valence electrons. The summed E-state index contributed by atoms with van der Waals surface area (Å²) in [5.41, 5.74) is -7.58. The van der Waals surface area contributed by atoms with Gasteiger partial charge in [0.1, 0.15) is 23.1 Å². The number of hydrogen-bond donors (Lipinski definition) is 0. The monoisotopic (exact) mass is 848 g/mol. The molecule has 5 heterocycles. The summed E-state index contributed by atoms with van der Waals surface area (Å²) in [5.74, 6) is 0. The van der Waals surface area contributed by atoms with Crippen molar-refractivity contribution in [1.82, 2.24) is 23.7 Å². The van der Waals surface area contributed by atoms with Crippen molar-refractivity contribution in [3.8, 4) is 39.4 Å². The molecule has 64 heavy (non-hydrogen) atoms. The smallest absolute Gasteiger partial charge is 0.180 e. The van der Waals surface area contributed by atoms with Crippen molar-refractivity contribution in [1.29, 1.82) is 0 Å². The van der Waals surface area contributed by atoms with Gasteiger partial charge in [-0.15, -0.1) is 0 Å². The van der Waals surface area contributed by atoms with Crippen molar-refractivity contribution < 1.29 is 46.9 Å². The summed E-state index contributed by atoms with van der Waals surface area (Å²) in [4.78, 5) is 8.84. The molecule has 0 unspecified atom stereocenters. The lowest BCUT2D eigenvalue weighted by Gasteiger charge is -2.11. The molecule has 14 rings (SSSR count). The van der Waals surface area contributed by atoms with E-state index in [2.05, 4.69) is 9.97 Å². The Labute approximate surface area is 409 Å². The van der Waals surface area contributed by atoms with Gasteiger partial charge in [-0.1, -0.05) is 121 Å². The van der Waals surface area contributed by atoms with Crippen LogP contribution in [0, 0.1) is 0 Å². The predicted molar refractivity (Wildman–Crippen MR) is 263 cm³/mol. The molecular weight excluding hydrogens is 783 g/mol. The number of hydrogen-bond acceptors (Lipinski definition) is 3. The molecule has 5 aromatic heterocycles. The van der Waals surface area contributed by atoms with E-state index in [1.165, 1.54) is 22.8 Å².